The Morgan fingerprint density at radius 2 is 0.927 bits per heavy atom. The second-order valence-electron chi connectivity index (χ2n) is 9.09. The van der Waals surface area contributed by atoms with E-state index in [-0.39, 0.29) is 28.9 Å². The van der Waals surface area contributed by atoms with Gasteiger partial charge in [-0.3, -0.25) is 9.59 Å². The first kappa shape index (κ1) is 30.3. The number of nitrogens with one attached hydrogen (secondary N) is 2. The van der Waals surface area contributed by atoms with Crippen LogP contribution < -0.4 is 10.6 Å². The van der Waals surface area contributed by atoms with E-state index in [1.165, 1.54) is 24.3 Å². The molecule has 0 saturated heterocycles. The van der Waals surface area contributed by atoms with Gasteiger partial charge in [0.2, 0.25) is 0 Å². The molecule has 0 radical (unpaired) electrons. The van der Waals surface area contributed by atoms with Crippen LogP contribution >= 0.6 is 0 Å². The van der Waals surface area contributed by atoms with Crippen molar-refractivity contribution in [3.63, 3.8) is 0 Å². The van der Waals surface area contributed by atoms with Crippen molar-refractivity contribution in [3.8, 4) is 0 Å². The van der Waals surface area contributed by atoms with Crippen molar-refractivity contribution in [1.29, 1.82) is 0 Å². The van der Waals surface area contributed by atoms with E-state index in [2.05, 4.69) is 10.6 Å². The second kappa shape index (κ2) is 13.7. The number of amides is 2. The number of aromatic carboxylic acids is 2. The van der Waals surface area contributed by atoms with Crippen LogP contribution in [-0.2, 0) is 6.42 Å². The average molecular weight is 553 g/mol. The topological polar surface area (TPSA) is 133 Å². The molecular weight excluding hydrogens is 520 g/mol. The largest absolute Gasteiger partial charge is 0.478 e. The average Bonchev–Trinajstić information content (AvgIpc) is 2.95. The lowest BCUT2D eigenvalue weighted by Crippen LogP contribution is -2.16. The van der Waals surface area contributed by atoms with Gasteiger partial charge >= 0.3 is 11.9 Å². The zero-order valence-corrected chi connectivity index (χ0v) is 23.3. The van der Waals surface area contributed by atoms with Gasteiger partial charge in [0.1, 0.15) is 0 Å². The lowest BCUT2D eigenvalue weighted by atomic mass is 9.99. The lowest BCUT2D eigenvalue weighted by Gasteiger charge is -2.13. The first-order chi connectivity index (χ1) is 19.6. The van der Waals surface area contributed by atoms with Crippen molar-refractivity contribution in [2.45, 2.75) is 34.1 Å². The maximum Gasteiger partial charge on any atom is 0.337 e. The summed E-state index contributed by atoms with van der Waals surface area (Å²) in [7, 11) is 0. The molecule has 4 N–H and O–H groups in total. The number of hydrogen-bond acceptors (Lipinski definition) is 4. The van der Waals surface area contributed by atoms with Gasteiger partial charge < -0.3 is 20.8 Å². The van der Waals surface area contributed by atoms with Gasteiger partial charge in [0.05, 0.1) is 22.5 Å². The highest BCUT2D eigenvalue weighted by atomic mass is 16.4. The molecule has 0 aliphatic carbocycles. The molecule has 0 aliphatic heterocycles. The third kappa shape index (κ3) is 7.45. The molecule has 41 heavy (non-hydrogen) atoms. The predicted molar refractivity (Wildman–Crippen MR) is 159 cm³/mol. The highest BCUT2D eigenvalue weighted by Crippen LogP contribution is 2.24. The molecule has 210 valence electrons. The van der Waals surface area contributed by atoms with E-state index in [4.69, 9.17) is 0 Å². The summed E-state index contributed by atoms with van der Waals surface area (Å²) >= 11 is 0. The van der Waals surface area contributed by atoms with Crippen LogP contribution in [0, 0.1) is 13.8 Å². The van der Waals surface area contributed by atoms with Crippen LogP contribution in [-0.4, -0.2) is 34.0 Å². The fourth-order valence-corrected chi connectivity index (χ4v) is 4.24. The molecule has 0 atom stereocenters. The molecule has 0 spiro atoms. The van der Waals surface area contributed by atoms with Gasteiger partial charge in [0.15, 0.2) is 0 Å². The number of carbonyl (C=O) groups excluding carboxylic acids is 2. The molecule has 0 aromatic heterocycles. The Morgan fingerprint density at radius 1 is 0.561 bits per heavy atom. The number of aryl methyl sites for hydroxylation is 2. The van der Waals surface area contributed by atoms with Gasteiger partial charge in [-0.2, -0.15) is 0 Å². The minimum atomic E-state index is -1.21. The first-order valence-electron chi connectivity index (χ1n) is 13.1. The number of rotatable bonds is 8. The van der Waals surface area contributed by atoms with Crippen LogP contribution in [0.3, 0.4) is 0 Å². The highest BCUT2D eigenvalue weighted by molar-refractivity contribution is 6.09. The molecule has 0 saturated carbocycles. The maximum atomic E-state index is 12.7. The summed E-state index contributed by atoms with van der Waals surface area (Å²) in [6.45, 7) is 7.59. The SMILES string of the molecule is CC.Cc1ccccc1C(=O)Nc1ccc(Cc2ccc(NC(=O)c3ccccc3C)c(C(=O)O)c2)cc1C(=O)O. The Hall–Kier alpha value is -5.24. The van der Waals surface area contributed by atoms with Crippen LogP contribution in [0.15, 0.2) is 84.9 Å². The molecule has 0 fully saturated rings. The molecule has 8 nitrogen and oxygen atoms in total. The van der Waals surface area contributed by atoms with Crippen molar-refractivity contribution in [1.82, 2.24) is 0 Å². The Bertz CT molecular complexity index is 1490. The third-order valence-electron chi connectivity index (χ3n) is 6.31. The Kier molecular flexibility index (Phi) is 10.1. The van der Waals surface area contributed by atoms with E-state index in [0.717, 1.165) is 11.1 Å². The third-order valence-corrected chi connectivity index (χ3v) is 6.31. The van der Waals surface area contributed by atoms with E-state index in [9.17, 15) is 29.4 Å². The second-order valence-corrected chi connectivity index (χ2v) is 9.09. The van der Waals surface area contributed by atoms with Gasteiger partial charge in [-0.05, 0) is 78.9 Å². The van der Waals surface area contributed by atoms with Crippen molar-refractivity contribution in [2.24, 2.45) is 0 Å². The van der Waals surface area contributed by atoms with Crippen molar-refractivity contribution >= 4 is 35.1 Å². The van der Waals surface area contributed by atoms with E-state index in [0.29, 0.717) is 22.3 Å². The van der Waals surface area contributed by atoms with Crippen molar-refractivity contribution in [3.05, 3.63) is 129 Å². The summed E-state index contributed by atoms with van der Waals surface area (Å²) < 4.78 is 0. The minimum absolute atomic E-state index is 0.0880. The highest BCUT2D eigenvalue weighted by Gasteiger charge is 2.18. The normalized spacial score (nSPS) is 10.1. The van der Waals surface area contributed by atoms with Crippen molar-refractivity contribution in [2.75, 3.05) is 10.6 Å². The fourth-order valence-electron chi connectivity index (χ4n) is 4.24. The van der Waals surface area contributed by atoms with E-state index in [1.807, 2.05) is 26.0 Å². The smallest absolute Gasteiger partial charge is 0.337 e. The summed E-state index contributed by atoms with van der Waals surface area (Å²) in [6.07, 6.45) is 0.235. The molecule has 4 aromatic rings. The van der Waals surface area contributed by atoms with Crippen LogP contribution in [0.1, 0.15) is 77.5 Å². The molecule has 8 heteroatoms. The zero-order valence-electron chi connectivity index (χ0n) is 23.3. The van der Waals surface area contributed by atoms with E-state index >= 15 is 0 Å². The number of carboxylic acid groups (broad SMARTS) is 2. The number of benzene rings is 4. The monoisotopic (exact) mass is 552 g/mol. The molecule has 0 bridgehead atoms. The van der Waals surface area contributed by atoms with Gasteiger partial charge in [0.25, 0.3) is 11.8 Å². The maximum absolute atomic E-state index is 12.7. The Labute approximate surface area is 238 Å². The number of anilines is 2. The summed E-state index contributed by atoms with van der Waals surface area (Å²) in [5.74, 6) is -3.26. The van der Waals surface area contributed by atoms with Gasteiger partial charge in [-0.15, -0.1) is 0 Å². The summed E-state index contributed by atoms with van der Waals surface area (Å²) in [6, 6.07) is 23.3. The minimum Gasteiger partial charge on any atom is -0.478 e. The standard InChI is InChI=1S/C31H26N2O6.C2H6/c1-18-7-3-5-9-22(18)28(34)32-26-13-11-20(16-24(26)30(36)37)15-21-12-14-27(25(17-21)31(38)39)33-29(35)23-10-6-4-8-19(23)2;1-2/h3-14,16-17H,15H2,1-2H3,(H,32,34)(H,33,35)(H,36,37)(H,38,39);1-2H3. The Balaban J connectivity index is 0.00000226. The predicted octanol–water partition coefficient (Wildman–Crippen LogP) is 6.82. The molecule has 0 aliphatic rings. The molecule has 0 heterocycles. The number of carboxylic acids is 2. The lowest BCUT2D eigenvalue weighted by molar-refractivity contribution is 0.0687. The molecule has 2 amide bonds. The fraction of sp³-hybridized carbons (Fsp3) is 0.152. The van der Waals surface area contributed by atoms with Crippen LogP contribution in [0.25, 0.3) is 0 Å². The summed E-state index contributed by atoms with van der Waals surface area (Å²) in [4.78, 5) is 49.4. The molecular formula is C33H32N2O6. The van der Waals surface area contributed by atoms with Gasteiger partial charge in [-0.25, -0.2) is 9.59 Å². The summed E-state index contributed by atoms with van der Waals surface area (Å²) in [5.41, 5.74) is 3.74. The van der Waals surface area contributed by atoms with Gasteiger partial charge in [0, 0.05) is 11.1 Å². The van der Waals surface area contributed by atoms with Gasteiger partial charge in [-0.1, -0.05) is 62.4 Å². The number of carbonyl (C=O) groups is 4. The van der Waals surface area contributed by atoms with Crippen molar-refractivity contribution < 1.29 is 29.4 Å². The number of hydrogen-bond donors (Lipinski definition) is 4. The van der Waals surface area contributed by atoms with E-state index in [1.54, 1.807) is 62.4 Å². The summed E-state index contributed by atoms with van der Waals surface area (Å²) in [5, 5.41) is 24.9. The molecule has 4 aromatic carbocycles. The quantitative estimate of drug-likeness (QED) is 0.190. The van der Waals surface area contributed by atoms with Crippen LogP contribution in [0.5, 0.6) is 0 Å². The molecule has 0 unspecified atom stereocenters. The first-order valence-corrected chi connectivity index (χ1v) is 13.1. The Morgan fingerprint density at radius 3 is 1.27 bits per heavy atom. The van der Waals surface area contributed by atoms with Crippen LogP contribution in [0.4, 0.5) is 11.4 Å². The molecule has 4 rings (SSSR count). The van der Waals surface area contributed by atoms with Crippen LogP contribution in [0.2, 0.25) is 0 Å². The zero-order chi connectivity index (χ0) is 30.1. The van der Waals surface area contributed by atoms with E-state index < -0.39 is 23.8 Å².